The molecule has 2 N–H and O–H groups in total. The fourth-order valence-electron chi connectivity index (χ4n) is 3.02. The molecule has 1 heterocycles. The Morgan fingerprint density at radius 3 is 2.26 bits per heavy atom. The van der Waals surface area contributed by atoms with Gasteiger partial charge in [0.15, 0.2) is 0 Å². The lowest BCUT2D eigenvalue weighted by Gasteiger charge is -2.34. The van der Waals surface area contributed by atoms with E-state index in [1.165, 1.54) is 28.6 Å². The van der Waals surface area contributed by atoms with Gasteiger partial charge in [-0.05, 0) is 51.0 Å². The Hall–Kier alpha value is -1.97. The van der Waals surface area contributed by atoms with E-state index in [1.807, 2.05) is 13.8 Å². The van der Waals surface area contributed by atoms with Crippen molar-refractivity contribution in [1.29, 1.82) is 0 Å². The van der Waals surface area contributed by atoms with E-state index in [2.05, 4.69) is 10.6 Å². The van der Waals surface area contributed by atoms with Crippen molar-refractivity contribution < 1.29 is 22.7 Å². The topological polar surface area (TPSA) is 105 Å². The molecule has 2 amide bonds. The summed E-state index contributed by atoms with van der Waals surface area (Å²) in [6.45, 7) is 4.17. The normalized spacial score (nSPS) is 23.6. The SMILES string of the molecule is C[C@@H]1CN(S(=O)(=O)c2ccc(C(=O)NCC(=O)NC3CC3)cc2)C[C@@H](C)O1. The Kier molecular flexibility index (Phi) is 5.83. The Morgan fingerprint density at radius 2 is 1.70 bits per heavy atom. The highest BCUT2D eigenvalue weighted by Crippen LogP contribution is 2.21. The minimum absolute atomic E-state index is 0.0983. The highest BCUT2D eigenvalue weighted by atomic mass is 32.2. The van der Waals surface area contributed by atoms with Crippen molar-refractivity contribution in [2.75, 3.05) is 19.6 Å². The third-order valence-electron chi connectivity index (χ3n) is 4.49. The molecule has 1 aromatic carbocycles. The molecular formula is C18H25N3O5S. The summed E-state index contributed by atoms with van der Waals surface area (Å²) >= 11 is 0. The number of amides is 2. The number of carbonyl (C=O) groups is 2. The number of nitrogens with zero attached hydrogens (tertiary/aromatic N) is 1. The van der Waals surface area contributed by atoms with E-state index in [0.29, 0.717) is 18.7 Å². The Morgan fingerprint density at radius 1 is 1.11 bits per heavy atom. The summed E-state index contributed by atoms with van der Waals surface area (Å²) in [7, 11) is -3.65. The molecule has 1 saturated heterocycles. The molecule has 8 nitrogen and oxygen atoms in total. The number of hydrogen-bond donors (Lipinski definition) is 2. The van der Waals surface area contributed by atoms with Gasteiger partial charge in [0.2, 0.25) is 15.9 Å². The number of hydrogen-bond acceptors (Lipinski definition) is 5. The summed E-state index contributed by atoms with van der Waals surface area (Å²) in [6, 6.07) is 5.98. The first-order chi connectivity index (χ1) is 12.8. The van der Waals surface area contributed by atoms with Crippen LogP contribution in [0, 0.1) is 0 Å². The standard InChI is InChI=1S/C18H25N3O5S/c1-12-10-21(11-13(2)26-12)27(24,25)16-7-3-14(4-8-16)18(23)19-9-17(22)20-15-5-6-15/h3-4,7-8,12-13,15H,5-6,9-11H2,1-2H3,(H,19,23)(H,20,22)/t12-,13-/m1/s1. The number of sulfonamides is 1. The lowest BCUT2D eigenvalue weighted by Crippen LogP contribution is -2.48. The molecule has 9 heteroatoms. The fraction of sp³-hybridized carbons (Fsp3) is 0.556. The zero-order valence-electron chi connectivity index (χ0n) is 15.5. The molecule has 1 aliphatic heterocycles. The quantitative estimate of drug-likeness (QED) is 0.730. The minimum atomic E-state index is -3.65. The molecular weight excluding hydrogens is 370 g/mol. The summed E-state index contributed by atoms with van der Waals surface area (Å²) in [6.07, 6.45) is 1.62. The molecule has 0 radical (unpaired) electrons. The van der Waals surface area contributed by atoms with Crippen LogP contribution in [0.1, 0.15) is 37.0 Å². The Balaban J connectivity index is 1.61. The first-order valence-electron chi connectivity index (χ1n) is 9.09. The maximum atomic E-state index is 12.8. The van der Waals surface area contributed by atoms with Gasteiger partial charge in [-0.25, -0.2) is 8.42 Å². The molecule has 1 saturated carbocycles. The molecule has 0 spiro atoms. The molecule has 27 heavy (non-hydrogen) atoms. The van der Waals surface area contributed by atoms with E-state index in [9.17, 15) is 18.0 Å². The van der Waals surface area contributed by atoms with Crippen molar-refractivity contribution >= 4 is 21.8 Å². The minimum Gasteiger partial charge on any atom is -0.373 e. The average Bonchev–Trinajstić information content (AvgIpc) is 3.43. The zero-order chi connectivity index (χ0) is 19.6. The van der Waals surface area contributed by atoms with Crippen molar-refractivity contribution in [1.82, 2.24) is 14.9 Å². The van der Waals surface area contributed by atoms with Gasteiger partial charge in [0.1, 0.15) is 0 Å². The van der Waals surface area contributed by atoms with Crippen LogP contribution in [-0.4, -0.2) is 62.4 Å². The summed E-state index contributed by atoms with van der Waals surface area (Å²) in [5, 5.41) is 5.32. The van der Waals surface area contributed by atoms with E-state index >= 15 is 0 Å². The summed E-state index contributed by atoms with van der Waals surface area (Å²) in [5.74, 6) is -0.640. The first kappa shape index (κ1) is 19.8. The van der Waals surface area contributed by atoms with Gasteiger partial charge in [-0.2, -0.15) is 4.31 Å². The second kappa shape index (κ2) is 7.95. The number of rotatable bonds is 6. The van der Waals surface area contributed by atoms with E-state index < -0.39 is 15.9 Å². The van der Waals surface area contributed by atoms with Gasteiger partial charge >= 0.3 is 0 Å². The maximum Gasteiger partial charge on any atom is 0.251 e. The second-order valence-electron chi connectivity index (χ2n) is 7.13. The lowest BCUT2D eigenvalue weighted by atomic mass is 10.2. The van der Waals surface area contributed by atoms with Crippen molar-refractivity contribution in [2.24, 2.45) is 0 Å². The zero-order valence-corrected chi connectivity index (χ0v) is 16.3. The molecule has 2 aliphatic rings. The van der Waals surface area contributed by atoms with Crippen molar-refractivity contribution in [3.63, 3.8) is 0 Å². The van der Waals surface area contributed by atoms with E-state index in [0.717, 1.165) is 12.8 Å². The van der Waals surface area contributed by atoms with Gasteiger partial charge in [0.05, 0.1) is 23.6 Å². The highest BCUT2D eigenvalue weighted by molar-refractivity contribution is 7.89. The van der Waals surface area contributed by atoms with Crippen molar-refractivity contribution in [3.05, 3.63) is 29.8 Å². The van der Waals surface area contributed by atoms with Gasteiger partial charge in [-0.15, -0.1) is 0 Å². The maximum absolute atomic E-state index is 12.8. The molecule has 148 valence electrons. The van der Waals surface area contributed by atoms with Crippen LogP contribution < -0.4 is 10.6 Å². The summed E-state index contributed by atoms with van der Waals surface area (Å²) < 4.78 is 32.6. The van der Waals surface area contributed by atoms with Crippen LogP contribution in [0.3, 0.4) is 0 Å². The second-order valence-corrected chi connectivity index (χ2v) is 9.07. The number of carbonyl (C=O) groups excluding carboxylic acids is 2. The lowest BCUT2D eigenvalue weighted by molar-refractivity contribution is -0.120. The van der Waals surface area contributed by atoms with Gasteiger partial charge in [-0.3, -0.25) is 9.59 Å². The van der Waals surface area contributed by atoms with Crippen LogP contribution in [0.25, 0.3) is 0 Å². The van der Waals surface area contributed by atoms with Gasteiger partial charge in [0.25, 0.3) is 5.91 Å². The molecule has 0 bridgehead atoms. The molecule has 1 aromatic rings. The molecule has 1 aliphatic carbocycles. The monoisotopic (exact) mass is 395 g/mol. The van der Waals surface area contributed by atoms with Crippen LogP contribution in [0.5, 0.6) is 0 Å². The first-order valence-corrected chi connectivity index (χ1v) is 10.5. The molecule has 2 fully saturated rings. The van der Waals surface area contributed by atoms with Gasteiger partial charge in [-0.1, -0.05) is 0 Å². The largest absolute Gasteiger partial charge is 0.373 e. The summed E-state index contributed by atoms with van der Waals surface area (Å²) in [4.78, 5) is 23.9. The predicted octanol–water partition coefficient (Wildman–Crippen LogP) is 0.493. The van der Waals surface area contributed by atoms with Crippen LogP contribution in [0.15, 0.2) is 29.2 Å². The van der Waals surface area contributed by atoms with Crippen LogP contribution in [0.4, 0.5) is 0 Å². The average molecular weight is 395 g/mol. The molecule has 0 unspecified atom stereocenters. The smallest absolute Gasteiger partial charge is 0.251 e. The third kappa shape index (κ3) is 5.06. The molecule has 2 atom stereocenters. The highest BCUT2D eigenvalue weighted by Gasteiger charge is 2.32. The van der Waals surface area contributed by atoms with E-state index in [4.69, 9.17) is 4.74 Å². The Bertz CT molecular complexity index is 795. The van der Waals surface area contributed by atoms with E-state index in [-0.39, 0.29) is 35.6 Å². The van der Waals surface area contributed by atoms with E-state index in [1.54, 1.807) is 0 Å². The van der Waals surface area contributed by atoms with Crippen LogP contribution >= 0.6 is 0 Å². The number of ether oxygens (including phenoxy) is 1. The van der Waals surface area contributed by atoms with Crippen LogP contribution in [0.2, 0.25) is 0 Å². The van der Waals surface area contributed by atoms with Gasteiger partial charge in [0, 0.05) is 24.7 Å². The number of morpholine rings is 1. The van der Waals surface area contributed by atoms with Crippen molar-refractivity contribution in [2.45, 2.75) is 49.8 Å². The third-order valence-corrected chi connectivity index (χ3v) is 6.34. The van der Waals surface area contributed by atoms with Gasteiger partial charge < -0.3 is 15.4 Å². The number of nitrogens with one attached hydrogen (secondary N) is 2. The fourth-order valence-corrected chi connectivity index (χ4v) is 4.61. The predicted molar refractivity (Wildman–Crippen MR) is 98.7 cm³/mol. The van der Waals surface area contributed by atoms with Crippen molar-refractivity contribution in [3.8, 4) is 0 Å². The Labute approximate surface area is 159 Å². The van der Waals surface area contributed by atoms with Crippen LogP contribution in [-0.2, 0) is 19.6 Å². The number of benzene rings is 1. The summed E-state index contributed by atoms with van der Waals surface area (Å²) in [5.41, 5.74) is 0.303. The molecule has 0 aromatic heterocycles. The molecule has 3 rings (SSSR count).